The van der Waals surface area contributed by atoms with Crippen LogP contribution in [0.5, 0.6) is 5.75 Å². The van der Waals surface area contributed by atoms with Crippen LogP contribution in [-0.4, -0.2) is 30.9 Å². The maximum atomic E-state index is 13.2. The summed E-state index contributed by atoms with van der Waals surface area (Å²) in [6.07, 6.45) is 4.65. The molecule has 1 aliphatic rings. The predicted octanol–water partition coefficient (Wildman–Crippen LogP) is 8.42. The first kappa shape index (κ1) is 27.5. The van der Waals surface area contributed by atoms with Gasteiger partial charge in [0, 0.05) is 39.0 Å². The van der Waals surface area contributed by atoms with Gasteiger partial charge >= 0.3 is 0 Å². The van der Waals surface area contributed by atoms with E-state index in [1.165, 1.54) is 11.8 Å². The van der Waals surface area contributed by atoms with E-state index >= 15 is 0 Å². The molecule has 0 radical (unpaired) electrons. The number of carbonyl (C=O) groups is 1. The van der Waals surface area contributed by atoms with E-state index in [1.54, 1.807) is 17.0 Å². The van der Waals surface area contributed by atoms with Crippen molar-refractivity contribution < 1.29 is 9.53 Å². The predicted molar refractivity (Wildman–Crippen MR) is 165 cm³/mol. The maximum Gasteiger partial charge on any atom is 0.266 e. The lowest BCUT2D eigenvalue weighted by Gasteiger charge is -2.21. The first-order chi connectivity index (χ1) is 18.8. The van der Waals surface area contributed by atoms with Crippen LogP contribution in [0.4, 0.5) is 0 Å². The number of nitrogens with zero attached hydrogens (tertiary/aromatic N) is 3. The van der Waals surface area contributed by atoms with E-state index in [0.29, 0.717) is 31.6 Å². The third-order valence-electron chi connectivity index (χ3n) is 6.44. The molecule has 0 bridgehead atoms. The van der Waals surface area contributed by atoms with Crippen LogP contribution in [0.1, 0.15) is 31.4 Å². The van der Waals surface area contributed by atoms with Crippen molar-refractivity contribution in [1.29, 1.82) is 0 Å². The number of carbonyl (C=O) groups excluding carboxylic acids is 1. The van der Waals surface area contributed by atoms with Crippen molar-refractivity contribution in [2.24, 2.45) is 0 Å². The zero-order chi connectivity index (χ0) is 27.5. The summed E-state index contributed by atoms with van der Waals surface area (Å²) >= 11 is 19.1. The van der Waals surface area contributed by atoms with Gasteiger partial charge in [-0.05, 0) is 68.0 Å². The van der Waals surface area contributed by atoms with Crippen molar-refractivity contribution in [3.63, 3.8) is 0 Å². The number of rotatable bonds is 8. The summed E-state index contributed by atoms with van der Waals surface area (Å²) in [5.74, 6) is 0.630. The van der Waals surface area contributed by atoms with E-state index in [4.69, 9.17) is 45.3 Å². The summed E-state index contributed by atoms with van der Waals surface area (Å²) in [5.41, 5.74) is 4.24. The largest absolute Gasteiger partial charge is 0.489 e. The first-order valence-corrected chi connectivity index (χ1v) is 14.4. The minimum Gasteiger partial charge on any atom is -0.489 e. The molecule has 1 atom stereocenters. The summed E-state index contributed by atoms with van der Waals surface area (Å²) < 4.78 is 8.36. The van der Waals surface area contributed by atoms with Crippen LogP contribution in [0, 0.1) is 0 Å². The molecule has 9 heteroatoms. The second-order valence-corrected chi connectivity index (χ2v) is 11.6. The SMILES string of the molecule is CCC(C)N1C(=O)/C(=C/c2cn(-c3ccccc3)nc2-c2ccc(OCc3ccc(Cl)cc3Cl)cc2)SC1=S. The highest BCUT2D eigenvalue weighted by molar-refractivity contribution is 8.26. The van der Waals surface area contributed by atoms with E-state index in [-0.39, 0.29) is 11.9 Å². The van der Waals surface area contributed by atoms with Crippen LogP contribution in [0.2, 0.25) is 10.0 Å². The number of para-hydroxylation sites is 1. The van der Waals surface area contributed by atoms with E-state index in [2.05, 4.69) is 0 Å². The number of benzene rings is 3. The summed E-state index contributed by atoms with van der Waals surface area (Å²) in [7, 11) is 0. The van der Waals surface area contributed by atoms with E-state index < -0.39 is 0 Å². The Morgan fingerprint density at radius 1 is 1.08 bits per heavy atom. The molecule has 39 heavy (non-hydrogen) atoms. The second kappa shape index (κ2) is 12.0. The molecular formula is C30H25Cl2N3O2S2. The topological polar surface area (TPSA) is 47.4 Å². The Morgan fingerprint density at radius 2 is 1.82 bits per heavy atom. The molecule has 0 spiro atoms. The number of hydrogen-bond donors (Lipinski definition) is 0. The van der Waals surface area contributed by atoms with Gasteiger partial charge in [-0.25, -0.2) is 4.68 Å². The number of thioether (sulfide) groups is 1. The van der Waals surface area contributed by atoms with Crippen molar-refractivity contribution >= 4 is 63.5 Å². The molecule has 1 fully saturated rings. The zero-order valence-electron chi connectivity index (χ0n) is 21.3. The second-order valence-electron chi connectivity index (χ2n) is 9.07. The molecule has 5 rings (SSSR count). The van der Waals surface area contributed by atoms with Gasteiger partial charge in [0.05, 0.1) is 16.3 Å². The summed E-state index contributed by atoms with van der Waals surface area (Å²) in [5, 5.41) is 6.03. The number of aromatic nitrogens is 2. The fourth-order valence-corrected chi connectivity index (χ4v) is 6.04. The van der Waals surface area contributed by atoms with Gasteiger partial charge in [0.2, 0.25) is 0 Å². The standard InChI is InChI=1S/C30H25Cl2N3O2S2/c1-3-19(2)35-29(36)27(39-30(35)38)15-22-17-34(24-7-5-4-6-8-24)33-28(22)20-10-13-25(14-11-20)37-18-21-9-12-23(31)16-26(21)32/h4-17,19H,3,18H2,1-2H3/b27-15-. The molecule has 1 amide bonds. The Kier molecular flexibility index (Phi) is 8.43. The van der Waals surface area contributed by atoms with Gasteiger partial charge in [-0.1, -0.05) is 78.4 Å². The number of hydrogen-bond acceptors (Lipinski definition) is 5. The summed E-state index contributed by atoms with van der Waals surface area (Å²) in [6.45, 7) is 4.38. The molecule has 5 nitrogen and oxygen atoms in total. The van der Waals surface area contributed by atoms with E-state index in [0.717, 1.165) is 34.5 Å². The molecule has 1 unspecified atom stereocenters. The molecule has 4 aromatic rings. The van der Waals surface area contributed by atoms with E-state index in [1.807, 2.05) is 91.5 Å². The lowest BCUT2D eigenvalue weighted by Crippen LogP contribution is -2.36. The van der Waals surface area contributed by atoms with Crippen LogP contribution >= 0.6 is 47.2 Å². The highest BCUT2D eigenvalue weighted by Gasteiger charge is 2.35. The molecule has 1 saturated heterocycles. The average molecular weight is 595 g/mol. The van der Waals surface area contributed by atoms with Crippen molar-refractivity contribution in [2.45, 2.75) is 32.9 Å². The van der Waals surface area contributed by atoms with Gasteiger partial charge < -0.3 is 4.74 Å². The highest BCUT2D eigenvalue weighted by Crippen LogP contribution is 2.36. The number of thiocarbonyl (C=S) groups is 1. The number of halogens is 2. The Bertz CT molecular complexity index is 1550. The third-order valence-corrected chi connectivity index (χ3v) is 8.36. The van der Waals surface area contributed by atoms with Crippen LogP contribution in [0.25, 0.3) is 23.0 Å². The number of amides is 1. The Balaban J connectivity index is 1.45. The molecular weight excluding hydrogens is 569 g/mol. The van der Waals surface area contributed by atoms with Gasteiger partial charge in [0.25, 0.3) is 5.91 Å². The van der Waals surface area contributed by atoms with Crippen molar-refractivity contribution in [3.8, 4) is 22.7 Å². The lowest BCUT2D eigenvalue weighted by atomic mass is 10.1. The Morgan fingerprint density at radius 3 is 2.51 bits per heavy atom. The van der Waals surface area contributed by atoms with Crippen LogP contribution < -0.4 is 4.74 Å². The maximum absolute atomic E-state index is 13.2. The Labute approximate surface area is 247 Å². The molecule has 0 N–H and O–H groups in total. The fraction of sp³-hybridized carbons (Fsp3) is 0.167. The van der Waals surface area contributed by atoms with Crippen LogP contribution in [0.3, 0.4) is 0 Å². The molecule has 1 aromatic heterocycles. The van der Waals surface area contributed by atoms with E-state index in [9.17, 15) is 4.79 Å². The quantitative estimate of drug-likeness (QED) is 0.151. The molecule has 0 aliphatic carbocycles. The molecule has 0 saturated carbocycles. The van der Waals surface area contributed by atoms with Gasteiger partial charge in [-0.2, -0.15) is 5.10 Å². The molecule has 2 heterocycles. The molecule has 198 valence electrons. The van der Waals surface area contributed by atoms with Crippen molar-refractivity contribution in [2.75, 3.05) is 0 Å². The normalized spacial score (nSPS) is 15.3. The third kappa shape index (κ3) is 6.07. The van der Waals surface area contributed by atoms with Crippen LogP contribution in [0.15, 0.2) is 83.9 Å². The van der Waals surface area contributed by atoms with Crippen molar-refractivity contribution in [3.05, 3.63) is 105 Å². The minimum atomic E-state index is -0.0673. The first-order valence-electron chi connectivity index (χ1n) is 12.4. The highest BCUT2D eigenvalue weighted by atomic mass is 35.5. The lowest BCUT2D eigenvalue weighted by molar-refractivity contribution is -0.123. The monoisotopic (exact) mass is 593 g/mol. The molecule has 3 aromatic carbocycles. The van der Waals surface area contributed by atoms with Gasteiger partial charge in [0.1, 0.15) is 16.7 Å². The Hall–Kier alpha value is -3.10. The van der Waals surface area contributed by atoms with Crippen LogP contribution in [-0.2, 0) is 11.4 Å². The number of ether oxygens (including phenoxy) is 1. The fourth-order valence-electron chi connectivity index (χ4n) is 4.12. The molecule has 1 aliphatic heterocycles. The summed E-state index contributed by atoms with van der Waals surface area (Å²) in [4.78, 5) is 15.5. The smallest absolute Gasteiger partial charge is 0.266 e. The van der Waals surface area contributed by atoms with Gasteiger partial charge in [0.15, 0.2) is 0 Å². The average Bonchev–Trinajstić information content (AvgIpc) is 3.48. The van der Waals surface area contributed by atoms with Gasteiger partial charge in [-0.3, -0.25) is 9.69 Å². The van der Waals surface area contributed by atoms with Crippen molar-refractivity contribution in [1.82, 2.24) is 14.7 Å². The zero-order valence-corrected chi connectivity index (χ0v) is 24.4. The summed E-state index contributed by atoms with van der Waals surface area (Å²) in [6, 6.07) is 23.0. The van der Waals surface area contributed by atoms with Gasteiger partial charge in [-0.15, -0.1) is 0 Å². The minimum absolute atomic E-state index is 0.0465.